The zero-order valence-electron chi connectivity index (χ0n) is 15.3. The highest BCUT2D eigenvalue weighted by Crippen LogP contribution is 2.16. The Kier molecular flexibility index (Phi) is 15.2. The Balaban J connectivity index is 0.000000734. The summed E-state index contributed by atoms with van der Waals surface area (Å²) >= 11 is 0. The minimum atomic E-state index is -0.0463. The maximum atomic E-state index is 9.44. The molecule has 22 heavy (non-hydrogen) atoms. The van der Waals surface area contributed by atoms with Gasteiger partial charge in [0.05, 0.1) is 6.61 Å². The molecule has 1 heterocycles. The molecule has 1 aliphatic heterocycles. The standard InChI is InChI=1S/C16H34O.C3H4O2/c1-5-9-11-15(7-3)13-17-14-16(8-4)12-10-6-2;4-1-3-2-5-3/h15-16H,5-14H2,1-4H3;1,3H,2H2. The van der Waals surface area contributed by atoms with Gasteiger partial charge >= 0.3 is 0 Å². The molecule has 0 amide bonds. The fourth-order valence-corrected chi connectivity index (χ4v) is 2.33. The summed E-state index contributed by atoms with van der Waals surface area (Å²) < 4.78 is 10.4. The first-order chi connectivity index (χ1) is 10.7. The van der Waals surface area contributed by atoms with Crippen LogP contribution in [-0.4, -0.2) is 32.2 Å². The Labute approximate surface area is 138 Å². The molecule has 1 aliphatic rings. The second kappa shape index (κ2) is 15.5. The van der Waals surface area contributed by atoms with Gasteiger partial charge in [-0.15, -0.1) is 0 Å². The van der Waals surface area contributed by atoms with Crippen LogP contribution < -0.4 is 0 Å². The molecule has 0 N–H and O–H groups in total. The molecule has 3 heteroatoms. The number of carbonyl (C=O) groups is 1. The third-order valence-electron chi connectivity index (χ3n) is 4.30. The van der Waals surface area contributed by atoms with Gasteiger partial charge in [-0.2, -0.15) is 0 Å². The molecule has 0 aromatic heterocycles. The lowest BCUT2D eigenvalue weighted by Gasteiger charge is -2.18. The predicted octanol–water partition coefficient (Wildman–Crippen LogP) is 5.02. The Morgan fingerprint density at radius 1 is 1.00 bits per heavy atom. The van der Waals surface area contributed by atoms with Crippen LogP contribution in [-0.2, 0) is 14.3 Å². The number of carbonyl (C=O) groups excluding carboxylic acids is 1. The van der Waals surface area contributed by atoms with Crippen LogP contribution in [0.4, 0.5) is 0 Å². The van der Waals surface area contributed by atoms with Crippen LogP contribution in [0, 0.1) is 11.8 Å². The van der Waals surface area contributed by atoms with Crippen molar-refractivity contribution in [1.29, 1.82) is 0 Å². The molecule has 0 bridgehead atoms. The van der Waals surface area contributed by atoms with Crippen molar-refractivity contribution < 1.29 is 14.3 Å². The van der Waals surface area contributed by atoms with Gasteiger partial charge in [0.25, 0.3) is 0 Å². The number of epoxide rings is 1. The summed E-state index contributed by atoms with van der Waals surface area (Å²) in [5, 5.41) is 0. The molecule has 132 valence electrons. The molecule has 0 aliphatic carbocycles. The van der Waals surface area contributed by atoms with Crippen LogP contribution >= 0.6 is 0 Å². The molecule has 1 fully saturated rings. The highest BCUT2D eigenvalue weighted by atomic mass is 16.6. The molecular weight excluding hydrogens is 276 g/mol. The van der Waals surface area contributed by atoms with E-state index in [2.05, 4.69) is 32.4 Å². The Hall–Kier alpha value is -0.410. The van der Waals surface area contributed by atoms with Gasteiger partial charge in [-0.3, -0.25) is 0 Å². The lowest BCUT2D eigenvalue weighted by Crippen LogP contribution is -2.14. The Bertz CT molecular complexity index is 223. The third kappa shape index (κ3) is 13.3. The number of hydrogen-bond donors (Lipinski definition) is 0. The molecule has 0 aromatic rings. The van der Waals surface area contributed by atoms with Gasteiger partial charge in [-0.25, -0.2) is 0 Å². The largest absolute Gasteiger partial charge is 0.381 e. The van der Waals surface area contributed by atoms with Gasteiger partial charge < -0.3 is 14.3 Å². The molecule has 0 saturated carbocycles. The number of unbranched alkanes of at least 4 members (excludes halogenated alkanes) is 2. The Morgan fingerprint density at radius 2 is 1.45 bits per heavy atom. The zero-order valence-corrected chi connectivity index (χ0v) is 15.3. The van der Waals surface area contributed by atoms with Crippen molar-refractivity contribution in [3.8, 4) is 0 Å². The van der Waals surface area contributed by atoms with E-state index < -0.39 is 0 Å². The maximum absolute atomic E-state index is 9.44. The summed E-state index contributed by atoms with van der Waals surface area (Å²) in [5.74, 6) is 1.58. The van der Waals surface area contributed by atoms with E-state index in [9.17, 15) is 4.79 Å². The first-order valence-corrected chi connectivity index (χ1v) is 9.36. The van der Waals surface area contributed by atoms with Crippen LogP contribution in [0.15, 0.2) is 0 Å². The fraction of sp³-hybridized carbons (Fsp3) is 0.947. The van der Waals surface area contributed by atoms with Crippen LogP contribution in [0.5, 0.6) is 0 Å². The van der Waals surface area contributed by atoms with Gasteiger partial charge in [-0.05, 0) is 24.7 Å². The normalized spacial score (nSPS) is 19.0. The van der Waals surface area contributed by atoms with Gasteiger partial charge in [-0.1, -0.05) is 66.2 Å². The van der Waals surface area contributed by atoms with E-state index in [4.69, 9.17) is 4.74 Å². The van der Waals surface area contributed by atoms with Crippen LogP contribution in [0.1, 0.15) is 79.1 Å². The van der Waals surface area contributed by atoms with Gasteiger partial charge in [0.2, 0.25) is 0 Å². The lowest BCUT2D eigenvalue weighted by molar-refractivity contribution is -0.108. The lowest BCUT2D eigenvalue weighted by atomic mass is 9.99. The average molecular weight is 315 g/mol. The van der Waals surface area contributed by atoms with Crippen molar-refractivity contribution >= 4 is 6.29 Å². The van der Waals surface area contributed by atoms with Crippen LogP contribution in [0.2, 0.25) is 0 Å². The fourth-order valence-electron chi connectivity index (χ4n) is 2.33. The van der Waals surface area contributed by atoms with E-state index >= 15 is 0 Å². The summed E-state index contributed by atoms with van der Waals surface area (Å²) in [6.07, 6.45) is 11.3. The topological polar surface area (TPSA) is 38.8 Å². The summed E-state index contributed by atoms with van der Waals surface area (Å²) in [7, 11) is 0. The number of aldehydes is 1. The van der Waals surface area contributed by atoms with Crippen molar-refractivity contribution in [2.75, 3.05) is 19.8 Å². The van der Waals surface area contributed by atoms with E-state index in [1.54, 1.807) is 0 Å². The van der Waals surface area contributed by atoms with Gasteiger partial charge in [0.1, 0.15) is 6.10 Å². The van der Waals surface area contributed by atoms with Crippen LogP contribution in [0.25, 0.3) is 0 Å². The Morgan fingerprint density at radius 3 is 1.68 bits per heavy atom. The minimum Gasteiger partial charge on any atom is -0.381 e. The van der Waals surface area contributed by atoms with E-state index in [1.165, 1.54) is 51.4 Å². The van der Waals surface area contributed by atoms with E-state index in [0.717, 1.165) is 31.3 Å². The van der Waals surface area contributed by atoms with Crippen molar-refractivity contribution in [2.45, 2.75) is 85.2 Å². The highest BCUT2D eigenvalue weighted by Gasteiger charge is 2.19. The molecule has 0 radical (unpaired) electrons. The molecule has 1 rings (SSSR count). The second-order valence-corrected chi connectivity index (χ2v) is 6.38. The molecule has 3 atom stereocenters. The average Bonchev–Trinajstić information content (AvgIpc) is 3.38. The van der Waals surface area contributed by atoms with Crippen LogP contribution in [0.3, 0.4) is 0 Å². The molecule has 0 aromatic carbocycles. The summed E-state index contributed by atoms with van der Waals surface area (Å²) in [5.41, 5.74) is 0. The number of hydrogen-bond acceptors (Lipinski definition) is 3. The first-order valence-electron chi connectivity index (χ1n) is 9.36. The van der Waals surface area contributed by atoms with E-state index in [1.807, 2.05) is 0 Å². The summed E-state index contributed by atoms with van der Waals surface area (Å²) in [6.45, 7) is 11.7. The third-order valence-corrected chi connectivity index (χ3v) is 4.30. The molecule has 3 unspecified atom stereocenters. The highest BCUT2D eigenvalue weighted by molar-refractivity contribution is 5.58. The zero-order chi connectivity index (χ0) is 16.6. The van der Waals surface area contributed by atoms with Crippen molar-refractivity contribution in [2.24, 2.45) is 11.8 Å². The first kappa shape index (κ1) is 21.6. The minimum absolute atomic E-state index is 0.0463. The van der Waals surface area contributed by atoms with Crippen molar-refractivity contribution in [1.82, 2.24) is 0 Å². The van der Waals surface area contributed by atoms with Crippen molar-refractivity contribution in [3.63, 3.8) is 0 Å². The molecule has 3 nitrogen and oxygen atoms in total. The molecule has 0 spiro atoms. The quantitative estimate of drug-likeness (QED) is 0.354. The molecular formula is C19H38O3. The van der Waals surface area contributed by atoms with Gasteiger partial charge in [0.15, 0.2) is 6.29 Å². The maximum Gasteiger partial charge on any atom is 0.151 e. The molecule has 1 saturated heterocycles. The smallest absolute Gasteiger partial charge is 0.151 e. The monoisotopic (exact) mass is 314 g/mol. The summed E-state index contributed by atoms with van der Waals surface area (Å²) in [6, 6.07) is 0. The second-order valence-electron chi connectivity index (χ2n) is 6.38. The number of rotatable bonds is 13. The predicted molar refractivity (Wildman–Crippen MR) is 93.2 cm³/mol. The summed E-state index contributed by atoms with van der Waals surface area (Å²) in [4.78, 5) is 9.44. The SMILES string of the molecule is CCCCC(CC)COCC(CC)CCCC.O=CC1CO1. The number of ether oxygens (including phenoxy) is 2. The van der Waals surface area contributed by atoms with Gasteiger partial charge in [0, 0.05) is 13.2 Å². The van der Waals surface area contributed by atoms with E-state index in [-0.39, 0.29) is 6.10 Å². The van der Waals surface area contributed by atoms with Crippen molar-refractivity contribution in [3.05, 3.63) is 0 Å². The van der Waals surface area contributed by atoms with E-state index in [0.29, 0.717) is 6.61 Å².